The van der Waals surface area contributed by atoms with Crippen LogP contribution in [0.3, 0.4) is 0 Å². The molecule has 6 nitrogen and oxygen atoms in total. The number of para-hydroxylation sites is 1. The van der Waals surface area contributed by atoms with Crippen molar-refractivity contribution in [2.24, 2.45) is 5.41 Å². The summed E-state index contributed by atoms with van der Waals surface area (Å²) in [5.74, 6) is -0.834. The molecule has 1 aliphatic carbocycles. The molecule has 1 spiro atoms. The van der Waals surface area contributed by atoms with Gasteiger partial charge in [0.25, 0.3) is 0 Å². The van der Waals surface area contributed by atoms with E-state index in [9.17, 15) is 14.4 Å². The van der Waals surface area contributed by atoms with Crippen LogP contribution in [0.1, 0.15) is 47.4 Å². The zero-order chi connectivity index (χ0) is 28.5. The molecule has 204 valence electrons. The van der Waals surface area contributed by atoms with Crippen LogP contribution in [0.4, 0.5) is 5.69 Å². The molecule has 41 heavy (non-hydrogen) atoms. The third-order valence-electron chi connectivity index (χ3n) is 8.57. The molecular formula is C33H24ClNO5S. The number of ether oxygens (including phenoxy) is 2. The number of benzene rings is 3. The van der Waals surface area contributed by atoms with Crippen LogP contribution < -0.4 is 14.4 Å². The Balaban J connectivity index is 1.59. The smallest absolute Gasteiger partial charge is 0.195 e. The van der Waals surface area contributed by atoms with Crippen molar-refractivity contribution in [2.75, 3.05) is 19.1 Å². The fraction of sp³-hybridized carbons (Fsp3) is 0.182. The number of hydrogen-bond acceptors (Lipinski definition) is 7. The largest absolute Gasteiger partial charge is 0.493 e. The van der Waals surface area contributed by atoms with E-state index >= 15 is 0 Å². The SMILES string of the molecule is COc1cccc([C@H]2[C@@H](C(=O)c3cccs3)N3c4ccc(Cl)cc4C=C[C@@H]3C23C(=O)c2ccccc2C3=O)c1OC. The normalized spacial score (nSPS) is 21.5. The third kappa shape index (κ3) is 3.39. The van der Waals surface area contributed by atoms with E-state index in [1.807, 2.05) is 46.7 Å². The van der Waals surface area contributed by atoms with Gasteiger partial charge in [-0.15, -0.1) is 11.3 Å². The van der Waals surface area contributed by atoms with Gasteiger partial charge in [0.15, 0.2) is 28.8 Å². The van der Waals surface area contributed by atoms with Crippen LogP contribution in [0.15, 0.2) is 84.3 Å². The number of fused-ring (bicyclic) bond motifs is 5. The summed E-state index contributed by atoms with van der Waals surface area (Å²) in [6.07, 6.45) is 3.77. The molecule has 1 aromatic heterocycles. The number of Topliss-reactive ketones (excluding diaryl/α,β-unsaturated/α-hetero) is 3. The van der Waals surface area contributed by atoms with E-state index in [4.69, 9.17) is 21.1 Å². The molecule has 3 aliphatic rings. The number of carbonyl (C=O) groups excluding carboxylic acids is 3. The van der Waals surface area contributed by atoms with E-state index in [-0.39, 0.29) is 17.3 Å². The number of carbonyl (C=O) groups is 3. The lowest BCUT2D eigenvalue weighted by Gasteiger charge is -2.37. The van der Waals surface area contributed by atoms with Gasteiger partial charge in [0, 0.05) is 33.3 Å². The number of rotatable bonds is 5. The number of hydrogen-bond donors (Lipinski definition) is 0. The van der Waals surface area contributed by atoms with Crippen LogP contribution in [0, 0.1) is 5.41 Å². The first-order valence-corrected chi connectivity index (χ1v) is 14.4. The zero-order valence-electron chi connectivity index (χ0n) is 22.2. The first-order valence-electron chi connectivity index (χ1n) is 13.2. The minimum atomic E-state index is -1.63. The molecule has 3 heterocycles. The molecule has 3 aromatic carbocycles. The highest BCUT2D eigenvalue weighted by Gasteiger charge is 2.72. The van der Waals surface area contributed by atoms with E-state index in [2.05, 4.69) is 0 Å². The van der Waals surface area contributed by atoms with Crippen LogP contribution >= 0.6 is 22.9 Å². The van der Waals surface area contributed by atoms with Gasteiger partial charge >= 0.3 is 0 Å². The fourth-order valence-electron chi connectivity index (χ4n) is 7.01. The van der Waals surface area contributed by atoms with Crippen molar-refractivity contribution in [3.8, 4) is 11.5 Å². The number of anilines is 1. The Labute approximate surface area is 245 Å². The summed E-state index contributed by atoms with van der Waals surface area (Å²) in [6, 6.07) is 19.7. The summed E-state index contributed by atoms with van der Waals surface area (Å²) < 4.78 is 11.5. The molecule has 3 atom stereocenters. The maximum atomic E-state index is 14.8. The third-order valence-corrected chi connectivity index (χ3v) is 9.69. The minimum Gasteiger partial charge on any atom is -0.493 e. The summed E-state index contributed by atoms with van der Waals surface area (Å²) in [4.78, 5) is 46.6. The Hall–Kier alpha value is -4.20. The first-order chi connectivity index (χ1) is 19.9. The second-order valence-electron chi connectivity index (χ2n) is 10.3. The topological polar surface area (TPSA) is 72.9 Å². The molecule has 1 fully saturated rings. The highest BCUT2D eigenvalue weighted by atomic mass is 35.5. The predicted octanol–water partition coefficient (Wildman–Crippen LogP) is 6.74. The van der Waals surface area contributed by atoms with Gasteiger partial charge in [0.1, 0.15) is 11.5 Å². The van der Waals surface area contributed by atoms with Gasteiger partial charge in [-0.25, -0.2) is 0 Å². The number of thiophene rings is 1. The molecule has 0 saturated carbocycles. The zero-order valence-corrected chi connectivity index (χ0v) is 23.7. The molecule has 2 aliphatic heterocycles. The maximum Gasteiger partial charge on any atom is 0.195 e. The molecule has 0 N–H and O–H groups in total. The molecule has 7 rings (SSSR count). The number of ketones is 3. The average Bonchev–Trinajstić information content (AvgIpc) is 3.70. The van der Waals surface area contributed by atoms with Crippen molar-refractivity contribution in [1.29, 1.82) is 0 Å². The quantitative estimate of drug-likeness (QED) is 0.192. The van der Waals surface area contributed by atoms with Crippen LogP contribution in [0.25, 0.3) is 6.08 Å². The minimum absolute atomic E-state index is 0.176. The van der Waals surface area contributed by atoms with Crippen molar-refractivity contribution in [3.05, 3.63) is 116 Å². The standard InChI is InChI=1S/C33H24ClNO5S/c1-39-24-10-5-9-22(30(24)40-2)27-28(29(36)25-11-6-16-41-25)35-23-14-13-19(34)17-18(23)12-15-26(35)33(27)31(37)20-7-3-4-8-21(20)32(33)38/h3-17,26-28H,1-2H3/t26-,27+,28+/m1/s1. The Kier molecular flexibility index (Phi) is 5.92. The van der Waals surface area contributed by atoms with Gasteiger partial charge in [-0.05, 0) is 41.3 Å². The Morgan fingerprint density at radius 1 is 0.927 bits per heavy atom. The van der Waals surface area contributed by atoms with Gasteiger partial charge in [0.05, 0.1) is 25.1 Å². The van der Waals surface area contributed by atoms with Crippen LogP contribution in [-0.2, 0) is 0 Å². The van der Waals surface area contributed by atoms with Crippen molar-refractivity contribution >= 4 is 52.1 Å². The van der Waals surface area contributed by atoms with Gasteiger partial charge < -0.3 is 14.4 Å². The summed E-state index contributed by atoms with van der Waals surface area (Å²) in [5.41, 5.74) is 1.20. The van der Waals surface area contributed by atoms with Gasteiger partial charge in [-0.1, -0.05) is 66.2 Å². The van der Waals surface area contributed by atoms with Crippen molar-refractivity contribution in [2.45, 2.75) is 18.0 Å². The predicted molar refractivity (Wildman–Crippen MR) is 159 cm³/mol. The fourth-order valence-corrected chi connectivity index (χ4v) is 7.89. The van der Waals surface area contributed by atoms with Crippen LogP contribution in [0.2, 0.25) is 5.02 Å². The van der Waals surface area contributed by atoms with E-state index in [1.54, 1.807) is 48.5 Å². The average molecular weight is 582 g/mol. The highest BCUT2D eigenvalue weighted by Crippen LogP contribution is 2.62. The number of methoxy groups -OCH3 is 2. The lowest BCUT2D eigenvalue weighted by atomic mass is 9.64. The number of nitrogens with zero attached hydrogens (tertiary/aromatic N) is 1. The molecular weight excluding hydrogens is 558 g/mol. The molecule has 1 saturated heterocycles. The first kappa shape index (κ1) is 25.7. The van der Waals surface area contributed by atoms with E-state index in [0.29, 0.717) is 38.1 Å². The summed E-state index contributed by atoms with van der Waals surface area (Å²) in [7, 11) is 3.06. The summed E-state index contributed by atoms with van der Waals surface area (Å²) in [5, 5.41) is 2.40. The molecule has 4 aromatic rings. The van der Waals surface area contributed by atoms with Crippen molar-refractivity contribution in [1.82, 2.24) is 0 Å². The Bertz CT molecular complexity index is 1740. The second kappa shape index (κ2) is 9.43. The maximum absolute atomic E-state index is 14.8. The molecule has 0 bridgehead atoms. The molecule has 0 unspecified atom stereocenters. The van der Waals surface area contributed by atoms with Gasteiger partial charge in [-0.2, -0.15) is 0 Å². The van der Waals surface area contributed by atoms with Crippen molar-refractivity contribution in [3.63, 3.8) is 0 Å². The Morgan fingerprint density at radius 2 is 1.68 bits per heavy atom. The summed E-state index contributed by atoms with van der Waals surface area (Å²) in [6.45, 7) is 0. The van der Waals surface area contributed by atoms with E-state index in [0.717, 1.165) is 11.3 Å². The van der Waals surface area contributed by atoms with E-state index < -0.39 is 23.4 Å². The van der Waals surface area contributed by atoms with Crippen molar-refractivity contribution < 1.29 is 23.9 Å². The monoisotopic (exact) mass is 581 g/mol. The molecule has 0 amide bonds. The van der Waals surface area contributed by atoms with Crippen LogP contribution in [-0.4, -0.2) is 43.7 Å². The molecule has 0 radical (unpaired) electrons. The van der Waals surface area contributed by atoms with E-state index in [1.165, 1.54) is 25.6 Å². The van der Waals surface area contributed by atoms with Gasteiger partial charge in [0.2, 0.25) is 0 Å². The number of halogens is 1. The highest BCUT2D eigenvalue weighted by molar-refractivity contribution is 7.12. The molecule has 8 heteroatoms. The second-order valence-corrected chi connectivity index (χ2v) is 11.7. The lowest BCUT2D eigenvalue weighted by molar-refractivity contribution is 0.0664. The van der Waals surface area contributed by atoms with Gasteiger partial charge in [-0.3, -0.25) is 14.4 Å². The Morgan fingerprint density at radius 3 is 2.34 bits per heavy atom. The summed E-state index contributed by atoms with van der Waals surface area (Å²) >= 11 is 7.70. The van der Waals surface area contributed by atoms with Crippen LogP contribution in [0.5, 0.6) is 11.5 Å². The lowest BCUT2D eigenvalue weighted by Crippen LogP contribution is -2.48.